The molecule has 1 unspecified atom stereocenters. The molecule has 0 aliphatic rings. The molecule has 0 bridgehead atoms. The van der Waals surface area contributed by atoms with Crippen molar-refractivity contribution >= 4 is 48.6 Å². The van der Waals surface area contributed by atoms with E-state index in [0.29, 0.717) is 0 Å². The third kappa shape index (κ3) is 15.6. The number of nitrogens with zero attached hydrogens (tertiary/aromatic N) is 1. The summed E-state index contributed by atoms with van der Waals surface area (Å²) in [5.74, 6) is 1.78. The first-order chi connectivity index (χ1) is 6.76. The van der Waals surface area contributed by atoms with Crippen LogP contribution in [0, 0.1) is 16.6 Å². The summed E-state index contributed by atoms with van der Waals surface area (Å²) in [7, 11) is 8.78. The predicted octanol–water partition coefficient (Wildman–Crippen LogP) is 4.33. The van der Waals surface area contributed by atoms with Gasteiger partial charge in [-0.1, -0.05) is 33.1 Å². The van der Waals surface area contributed by atoms with E-state index in [-0.39, 0.29) is 0 Å². The van der Waals surface area contributed by atoms with Gasteiger partial charge in [0, 0.05) is 5.75 Å². The van der Waals surface area contributed by atoms with Crippen molar-refractivity contribution in [2.45, 2.75) is 39.5 Å². The fourth-order valence-corrected chi connectivity index (χ4v) is 1.77. The van der Waals surface area contributed by atoms with Crippen molar-refractivity contribution in [1.29, 1.82) is 5.26 Å². The quantitative estimate of drug-likeness (QED) is 0.450. The Morgan fingerprint density at radius 2 is 2.00 bits per heavy atom. The number of thiocyanates is 1. The van der Waals surface area contributed by atoms with Gasteiger partial charge in [0.1, 0.15) is 5.40 Å². The Bertz CT molecular complexity index is 185. The van der Waals surface area contributed by atoms with E-state index < -0.39 is 19.2 Å². The average molecular weight is 444 g/mol. The predicted molar refractivity (Wildman–Crippen MR) is 72.3 cm³/mol. The summed E-state index contributed by atoms with van der Waals surface area (Å²) in [6.07, 6.45) is 5.09. The van der Waals surface area contributed by atoms with Crippen LogP contribution in [-0.4, -0.2) is 24.9 Å². The molecule has 14 heavy (non-hydrogen) atoms. The second kappa shape index (κ2) is 16.6. The Hall–Kier alpha value is 1.16. The fourth-order valence-electron chi connectivity index (χ4n) is 1.05. The summed E-state index contributed by atoms with van der Waals surface area (Å²) in [5, 5.41) is 10.5. The number of hydrogen-bond acceptors (Lipinski definition) is 4. The van der Waals surface area contributed by atoms with E-state index in [4.69, 9.17) is 5.26 Å². The Balaban J connectivity index is 0. The number of unbranched alkanes of at least 4 members (excludes halogenated alkanes) is 1. The van der Waals surface area contributed by atoms with E-state index in [9.17, 15) is 0 Å². The molecular formula is C9H17BiNS3. The number of nitriles is 1. The molecule has 1 radical (unpaired) electrons. The summed E-state index contributed by atoms with van der Waals surface area (Å²) in [5.41, 5.74) is 0. The molecule has 0 aromatic carbocycles. The van der Waals surface area contributed by atoms with Crippen LogP contribution in [0.15, 0.2) is 0 Å². The second-order valence-corrected chi connectivity index (χ2v) is 9.51. The van der Waals surface area contributed by atoms with Gasteiger partial charge in [-0.3, -0.25) is 0 Å². The minimum absolute atomic E-state index is 0.667. The molecule has 0 saturated carbocycles. The maximum atomic E-state index is 8.35. The molecule has 0 aromatic rings. The van der Waals surface area contributed by atoms with Crippen LogP contribution in [-0.2, 0) is 0 Å². The number of rotatable bonds is 6. The van der Waals surface area contributed by atoms with Crippen molar-refractivity contribution in [3.63, 3.8) is 0 Å². The topological polar surface area (TPSA) is 23.8 Å². The third-order valence-electron chi connectivity index (χ3n) is 1.93. The van der Waals surface area contributed by atoms with Gasteiger partial charge in [0.15, 0.2) is 0 Å². The second-order valence-electron chi connectivity index (χ2n) is 2.89. The minimum atomic E-state index is -0.667. The average Bonchev–Trinajstić information content (AvgIpc) is 2.20. The Kier molecular flexibility index (Phi) is 20.8. The summed E-state index contributed by atoms with van der Waals surface area (Å²) in [6, 6.07) is 0. The van der Waals surface area contributed by atoms with E-state index in [2.05, 4.69) is 37.0 Å². The number of hydrogen-bond donors (Lipinski definition) is 0. The van der Waals surface area contributed by atoms with Crippen LogP contribution in [0.5, 0.6) is 0 Å². The van der Waals surface area contributed by atoms with Crippen molar-refractivity contribution < 1.29 is 0 Å². The molecule has 5 heteroatoms. The molecule has 81 valence electrons. The van der Waals surface area contributed by atoms with Crippen LogP contribution in [0.2, 0.25) is 0 Å². The summed E-state index contributed by atoms with van der Waals surface area (Å²) in [6.45, 7) is 4.42. The molecule has 0 spiro atoms. The molecule has 0 heterocycles. The molecule has 0 saturated heterocycles. The van der Waals surface area contributed by atoms with Crippen molar-refractivity contribution in [3.8, 4) is 5.40 Å². The van der Waals surface area contributed by atoms with Crippen LogP contribution in [0.25, 0.3) is 0 Å². The standard InChI is InChI=1S/C9H17NS.Bi.2S/c1-3-5-6-9(4-2)7-11-8-10;;;/h9H,3-7H2,1-2H3;;;. The SMILES string of the molecule is CCCCC(CC)CSC#N.[S]=[Bi]=[S]. The van der Waals surface area contributed by atoms with Crippen LogP contribution < -0.4 is 0 Å². The molecule has 0 amide bonds. The molecule has 1 atom stereocenters. The zero-order valence-corrected chi connectivity index (χ0v) is 14.7. The molecule has 0 rings (SSSR count). The molecule has 0 aromatic heterocycles. The van der Waals surface area contributed by atoms with Crippen molar-refractivity contribution in [2.24, 2.45) is 5.92 Å². The van der Waals surface area contributed by atoms with E-state index in [0.717, 1.165) is 11.7 Å². The first-order valence-electron chi connectivity index (χ1n) is 4.72. The van der Waals surface area contributed by atoms with Gasteiger partial charge in [-0.25, -0.2) is 0 Å². The zero-order chi connectivity index (χ0) is 11.2. The third-order valence-corrected chi connectivity index (χ3v) is 2.69. The Labute approximate surface area is 109 Å². The van der Waals surface area contributed by atoms with Crippen molar-refractivity contribution in [1.82, 2.24) is 0 Å². The number of thioether (sulfide) groups is 1. The van der Waals surface area contributed by atoms with Gasteiger partial charge < -0.3 is 0 Å². The monoisotopic (exact) mass is 444 g/mol. The van der Waals surface area contributed by atoms with Crippen LogP contribution in [0.3, 0.4) is 0 Å². The van der Waals surface area contributed by atoms with E-state index in [1.807, 2.05) is 0 Å². The van der Waals surface area contributed by atoms with E-state index in [1.165, 1.54) is 37.4 Å². The first kappa shape index (κ1) is 17.6. The van der Waals surface area contributed by atoms with Gasteiger partial charge in [0.2, 0.25) is 0 Å². The van der Waals surface area contributed by atoms with Crippen LogP contribution in [0.4, 0.5) is 0 Å². The summed E-state index contributed by atoms with van der Waals surface area (Å²) in [4.78, 5) is 0. The van der Waals surface area contributed by atoms with Gasteiger partial charge in [0.05, 0.1) is 0 Å². The molecular weight excluding hydrogens is 427 g/mol. The van der Waals surface area contributed by atoms with Crippen LogP contribution >= 0.6 is 29.5 Å². The van der Waals surface area contributed by atoms with E-state index >= 15 is 0 Å². The fraction of sp³-hybridized carbons (Fsp3) is 0.889. The Morgan fingerprint density at radius 3 is 2.36 bits per heavy atom. The van der Waals surface area contributed by atoms with Crippen molar-refractivity contribution in [2.75, 3.05) is 5.75 Å². The van der Waals surface area contributed by atoms with Crippen molar-refractivity contribution in [3.05, 3.63) is 0 Å². The molecule has 0 N–H and O–H groups in total. The van der Waals surface area contributed by atoms with Gasteiger partial charge >= 0.3 is 36.9 Å². The molecule has 0 aliphatic carbocycles. The summed E-state index contributed by atoms with van der Waals surface area (Å²) >= 11 is 0.730. The normalized spacial score (nSPS) is 10.4. The van der Waals surface area contributed by atoms with Gasteiger partial charge in [-0.2, -0.15) is 5.26 Å². The van der Waals surface area contributed by atoms with Gasteiger partial charge in [-0.05, 0) is 24.1 Å². The van der Waals surface area contributed by atoms with Gasteiger partial charge in [0.25, 0.3) is 0 Å². The maximum absolute atomic E-state index is 8.35. The Morgan fingerprint density at radius 1 is 1.43 bits per heavy atom. The first-order valence-corrected chi connectivity index (χ1v) is 15.0. The molecule has 1 nitrogen and oxygen atoms in total. The summed E-state index contributed by atoms with van der Waals surface area (Å²) < 4.78 is 0. The zero-order valence-electron chi connectivity index (χ0n) is 8.73. The van der Waals surface area contributed by atoms with Crippen LogP contribution in [0.1, 0.15) is 39.5 Å². The van der Waals surface area contributed by atoms with E-state index in [1.54, 1.807) is 0 Å². The van der Waals surface area contributed by atoms with Gasteiger partial charge in [-0.15, -0.1) is 0 Å². The molecule has 0 aliphatic heterocycles. The molecule has 0 fully saturated rings.